The van der Waals surface area contributed by atoms with Crippen LogP contribution in [0.25, 0.3) is 22.0 Å². The van der Waals surface area contributed by atoms with Gasteiger partial charge in [-0.1, -0.05) is 64.5 Å². The van der Waals surface area contributed by atoms with E-state index in [0.717, 1.165) is 5.56 Å². The normalized spacial score (nSPS) is 11.1. The van der Waals surface area contributed by atoms with E-state index in [-0.39, 0.29) is 17.0 Å². The van der Waals surface area contributed by atoms with Crippen molar-refractivity contribution in [2.45, 2.75) is 0 Å². The van der Waals surface area contributed by atoms with Crippen LogP contribution in [0.15, 0.2) is 101 Å². The van der Waals surface area contributed by atoms with Gasteiger partial charge < -0.3 is 14.5 Å². The number of hydrazone groups is 1. The minimum Gasteiger partial charge on any atom is -0.497 e. The number of esters is 1. The Morgan fingerprint density at radius 1 is 0.974 bits per heavy atom. The fourth-order valence-corrected chi connectivity index (χ4v) is 4.47. The van der Waals surface area contributed by atoms with Crippen LogP contribution in [0, 0.1) is 5.82 Å². The Morgan fingerprint density at radius 2 is 1.77 bits per heavy atom. The van der Waals surface area contributed by atoms with E-state index in [9.17, 15) is 14.0 Å². The van der Waals surface area contributed by atoms with Gasteiger partial charge in [-0.3, -0.25) is 4.79 Å². The van der Waals surface area contributed by atoms with Crippen molar-refractivity contribution < 1.29 is 23.5 Å². The van der Waals surface area contributed by atoms with E-state index in [1.54, 1.807) is 54.6 Å². The molecule has 0 bridgehead atoms. The zero-order valence-electron chi connectivity index (χ0n) is 20.6. The summed E-state index contributed by atoms with van der Waals surface area (Å²) < 4.78 is 26.0. The number of aromatic nitrogens is 1. The molecular formula is C30H21BrFN3O4. The molecule has 4 aromatic carbocycles. The Balaban J connectivity index is 1.41. The first-order valence-electron chi connectivity index (χ1n) is 11.8. The molecule has 0 aliphatic heterocycles. The number of amides is 1. The third-order valence-corrected chi connectivity index (χ3v) is 6.42. The van der Waals surface area contributed by atoms with Gasteiger partial charge in [-0.25, -0.2) is 14.6 Å². The Bertz CT molecular complexity index is 1720. The number of para-hydroxylation sites is 1. The smallest absolute Gasteiger partial charge is 0.343 e. The van der Waals surface area contributed by atoms with Gasteiger partial charge in [-0.2, -0.15) is 5.10 Å². The van der Waals surface area contributed by atoms with Crippen LogP contribution in [0.2, 0.25) is 0 Å². The SMILES string of the molecule is COc1cccc(C(=O)Oc2ccc(Br)cc2C=NNC(=O)c2[nH]c3c(F)cccc3c2-c2ccccc2)c1. The van der Waals surface area contributed by atoms with Crippen molar-refractivity contribution >= 4 is 44.9 Å². The molecular weight excluding hydrogens is 565 g/mol. The van der Waals surface area contributed by atoms with Gasteiger partial charge in [-0.05, 0) is 48.0 Å². The molecule has 0 aliphatic rings. The highest BCUT2D eigenvalue weighted by Crippen LogP contribution is 2.33. The van der Waals surface area contributed by atoms with Crippen molar-refractivity contribution in [2.24, 2.45) is 5.10 Å². The third-order valence-electron chi connectivity index (χ3n) is 5.92. The number of nitrogens with zero attached hydrogens (tertiary/aromatic N) is 1. The van der Waals surface area contributed by atoms with E-state index < -0.39 is 17.7 Å². The number of ether oxygens (including phenoxy) is 2. The first-order valence-corrected chi connectivity index (χ1v) is 12.6. The fourth-order valence-electron chi connectivity index (χ4n) is 4.09. The van der Waals surface area contributed by atoms with Crippen molar-refractivity contribution in [2.75, 3.05) is 7.11 Å². The first kappa shape index (κ1) is 25.9. The summed E-state index contributed by atoms with van der Waals surface area (Å²) in [5.41, 5.74) is 4.94. The van der Waals surface area contributed by atoms with Crippen LogP contribution in [-0.2, 0) is 0 Å². The van der Waals surface area contributed by atoms with Crippen LogP contribution in [0.4, 0.5) is 4.39 Å². The molecule has 0 saturated heterocycles. The second-order valence-electron chi connectivity index (χ2n) is 8.41. The predicted octanol–water partition coefficient (Wildman–Crippen LogP) is 6.73. The van der Waals surface area contributed by atoms with Gasteiger partial charge in [-0.15, -0.1) is 0 Å². The number of methoxy groups -OCH3 is 1. The van der Waals surface area contributed by atoms with Crippen molar-refractivity contribution in [3.63, 3.8) is 0 Å². The number of nitrogens with one attached hydrogen (secondary N) is 2. The van der Waals surface area contributed by atoms with Gasteiger partial charge >= 0.3 is 5.97 Å². The Labute approximate surface area is 231 Å². The number of fused-ring (bicyclic) bond motifs is 1. The highest BCUT2D eigenvalue weighted by molar-refractivity contribution is 9.10. The topological polar surface area (TPSA) is 92.8 Å². The molecule has 0 unspecified atom stereocenters. The summed E-state index contributed by atoms with van der Waals surface area (Å²) >= 11 is 3.40. The van der Waals surface area contributed by atoms with Gasteiger partial charge in [0.2, 0.25) is 0 Å². The molecule has 1 aromatic heterocycles. The lowest BCUT2D eigenvalue weighted by molar-refractivity contribution is 0.0733. The van der Waals surface area contributed by atoms with Crippen LogP contribution in [0.3, 0.4) is 0 Å². The van der Waals surface area contributed by atoms with Crippen molar-refractivity contribution in [1.29, 1.82) is 0 Å². The highest BCUT2D eigenvalue weighted by Gasteiger charge is 2.20. The number of halogens is 2. The second-order valence-corrected chi connectivity index (χ2v) is 9.32. The van der Waals surface area contributed by atoms with Crippen LogP contribution in [0.5, 0.6) is 11.5 Å². The number of H-pyrrole nitrogens is 1. The summed E-state index contributed by atoms with van der Waals surface area (Å²) in [4.78, 5) is 28.8. The average Bonchev–Trinajstić information content (AvgIpc) is 3.36. The molecule has 2 N–H and O–H groups in total. The van der Waals surface area contributed by atoms with Gasteiger partial charge in [0, 0.05) is 21.0 Å². The van der Waals surface area contributed by atoms with E-state index in [1.807, 2.05) is 30.3 Å². The van der Waals surface area contributed by atoms with Gasteiger partial charge in [0.25, 0.3) is 5.91 Å². The maximum Gasteiger partial charge on any atom is 0.343 e. The fraction of sp³-hybridized carbons (Fsp3) is 0.0333. The zero-order chi connectivity index (χ0) is 27.4. The maximum absolute atomic E-state index is 14.5. The summed E-state index contributed by atoms with van der Waals surface area (Å²) in [5, 5.41) is 4.66. The molecule has 0 radical (unpaired) electrons. The minimum atomic E-state index is -0.581. The van der Waals surface area contributed by atoms with Crippen LogP contribution in [-0.4, -0.2) is 30.2 Å². The molecule has 39 heavy (non-hydrogen) atoms. The molecule has 0 spiro atoms. The molecule has 9 heteroatoms. The Kier molecular flexibility index (Phi) is 7.51. The van der Waals surface area contributed by atoms with E-state index in [1.165, 1.54) is 19.4 Å². The molecule has 7 nitrogen and oxygen atoms in total. The lowest BCUT2D eigenvalue weighted by atomic mass is 10.0. The largest absolute Gasteiger partial charge is 0.497 e. The van der Waals surface area contributed by atoms with Crippen LogP contribution < -0.4 is 14.9 Å². The molecule has 5 rings (SSSR count). The number of carbonyl (C=O) groups excluding carboxylic acids is 2. The lowest BCUT2D eigenvalue weighted by Crippen LogP contribution is -2.19. The van der Waals surface area contributed by atoms with Crippen molar-refractivity contribution in [3.05, 3.63) is 118 Å². The number of hydrogen-bond acceptors (Lipinski definition) is 5. The molecule has 0 saturated carbocycles. The van der Waals surface area contributed by atoms with E-state index in [4.69, 9.17) is 9.47 Å². The highest BCUT2D eigenvalue weighted by atomic mass is 79.9. The summed E-state index contributed by atoms with van der Waals surface area (Å²) in [6.07, 6.45) is 1.36. The molecule has 0 atom stereocenters. The number of benzene rings is 4. The summed E-state index contributed by atoms with van der Waals surface area (Å²) in [6, 6.07) is 25.5. The molecule has 0 aliphatic carbocycles. The van der Waals surface area contributed by atoms with Gasteiger partial charge in [0.1, 0.15) is 23.0 Å². The molecule has 0 fully saturated rings. The summed E-state index contributed by atoms with van der Waals surface area (Å²) in [7, 11) is 1.51. The van der Waals surface area contributed by atoms with Crippen LogP contribution >= 0.6 is 15.9 Å². The monoisotopic (exact) mass is 585 g/mol. The summed E-state index contributed by atoms with van der Waals surface area (Å²) in [6.45, 7) is 0. The number of hydrogen-bond donors (Lipinski definition) is 2. The Hall–Kier alpha value is -4.76. The minimum absolute atomic E-state index is 0.164. The average molecular weight is 586 g/mol. The second kappa shape index (κ2) is 11.3. The van der Waals surface area contributed by atoms with Gasteiger partial charge in [0.15, 0.2) is 0 Å². The number of carbonyl (C=O) groups is 2. The van der Waals surface area contributed by atoms with Crippen molar-refractivity contribution in [3.8, 4) is 22.6 Å². The molecule has 194 valence electrons. The summed E-state index contributed by atoms with van der Waals surface area (Å²) in [5.74, 6) is -0.852. The molecule has 5 aromatic rings. The third kappa shape index (κ3) is 5.58. The quantitative estimate of drug-likeness (QED) is 0.0958. The standard InChI is InChI=1S/C30H21BrFN3O4/c1-38-22-10-5-9-19(16-22)30(37)39-25-14-13-21(31)15-20(25)17-33-35-29(36)28-26(18-7-3-2-4-8-18)23-11-6-12-24(32)27(23)34-28/h2-17,34H,1H3,(H,35,36). The van der Waals surface area contributed by atoms with E-state index in [0.29, 0.717) is 32.3 Å². The van der Waals surface area contributed by atoms with Crippen molar-refractivity contribution in [1.82, 2.24) is 10.4 Å². The lowest BCUT2D eigenvalue weighted by Gasteiger charge is -2.09. The van der Waals surface area contributed by atoms with Gasteiger partial charge in [0.05, 0.1) is 24.4 Å². The molecule has 1 amide bonds. The zero-order valence-corrected chi connectivity index (χ0v) is 22.2. The molecule has 1 heterocycles. The maximum atomic E-state index is 14.5. The van der Waals surface area contributed by atoms with E-state index in [2.05, 4.69) is 31.4 Å². The van der Waals surface area contributed by atoms with E-state index >= 15 is 0 Å². The Morgan fingerprint density at radius 3 is 2.56 bits per heavy atom. The number of aromatic amines is 1. The number of rotatable bonds is 7. The predicted molar refractivity (Wildman–Crippen MR) is 151 cm³/mol. The van der Waals surface area contributed by atoms with Crippen LogP contribution in [0.1, 0.15) is 26.4 Å². The first-order chi connectivity index (χ1) is 18.9.